The molecule has 0 saturated heterocycles. The highest BCUT2D eigenvalue weighted by molar-refractivity contribution is 9.10. The van der Waals surface area contributed by atoms with E-state index in [2.05, 4.69) is 26.6 Å². The van der Waals surface area contributed by atoms with Gasteiger partial charge in [-0.25, -0.2) is 0 Å². The van der Waals surface area contributed by atoms with Gasteiger partial charge < -0.3 is 15.5 Å². The molecule has 0 aliphatic heterocycles. The van der Waals surface area contributed by atoms with Crippen LogP contribution in [0.4, 0.5) is 11.4 Å². The number of carbonyl (C=O) groups is 2. The summed E-state index contributed by atoms with van der Waals surface area (Å²) in [4.78, 5) is 26.7. The van der Waals surface area contributed by atoms with E-state index in [4.69, 9.17) is 0 Å². The zero-order chi connectivity index (χ0) is 18.4. The van der Waals surface area contributed by atoms with Crippen LogP contribution < -0.4 is 15.5 Å². The van der Waals surface area contributed by atoms with Crippen molar-refractivity contribution in [2.75, 3.05) is 30.9 Å². The molecule has 0 bridgehead atoms. The SMILES string of the molecule is CCCNC(=O)c1cc(NC(=O)c2ccc(Br)cc2)ccc1N(C)C. The molecule has 0 spiro atoms. The molecule has 5 nitrogen and oxygen atoms in total. The topological polar surface area (TPSA) is 61.4 Å². The van der Waals surface area contributed by atoms with E-state index >= 15 is 0 Å². The van der Waals surface area contributed by atoms with E-state index in [1.807, 2.05) is 44.1 Å². The number of hydrogen-bond donors (Lipinski definition) is 2. The van der Waals surface area contributed by atoms with Gasteiger partial charge in [-0.3, -0.25) is 9.59 Å². The fraction of sp³-hybridized carbons (Fsp3) is 0.263. The molecular formula is C19H22BrN3O2. The molecule has 6 heteroatoms. The molecule has 132 valence electrons. The smallest absolute Gasteiger partial charge is 0.255 e. The fourth-order valence-corrected chi connectivity index (χ4v) is 2.59. The summed E-state index contributed by atoms with van der Waals surface area (Å²) in [6, 6.07) is 12.4. The van der Waals surface area contributed by atoms with Gasteiger partial charge >= 0.3 is 0 Å². The lowest BCUT2D eigenvalue weighted by atomic mass is 10.1. The van der Waals surface area contributed by atoms with E-state index in [9.17, 15) is 9.59 Å². The first-order chi connectivity index (χ1) is 11.9. The number of hydrogen-bond acceptors (Lipinski definition) is 3. The molecule has 2 N–H and O–H groups in total. The summed E-state index contributed by atoms with van der Waals surface area (Å²) >= 11 is 3.35. The van der Waals surface area contributed by atoms with Crippen LogP contribution in [0, 0.1) is 0 Å². The number of nitrogens with zero attached hydrogens (tertiary/aromatic N) is 1. The van der Waals surface area contributed by atoms with Crippen molar-refractivity contribution in [2.24, 2.45) is 0 Å². The summed E-state index contributed by atoms with van der Waals surface area (Å²) in [7, 11) is 3.76. The number of rotatable bonds is 6. The molecule has 2 aromatic carbocycles. The maximum atomic E-state index is 12.4. The molecule has 0 aromatic heterocycles. The van der Waals surface area contributed by atoms with E-state index in [0.29, 0.717) is 23.4 Å². The number of nitrogens with one attached hydrogen (secondary N) is 2. The second kappa shape index (κ2) is 8.67. The lowest BCUT2D eigenvalue weighted by Gasteiger charge is -2.18. The number of halogens is 1. The van der Waals surface area contributed by atoms with Gasteiger partial charge in [0.25, 0.3) is 11.8 Å². The van der Waals surface area contributed by atoms with Crippen LogP contribution in [0.15, 0.2) is 46.9 Å². The maximum absolute atomic E-state index is 12.4. The predicted octanol–water partition coefficient (Wildman–Crippen LogP) is 3.91. The van der Waals surface area contributed by atoms with Crippen molar-refractivity contribution >= 4 is 39.1 Å². The average molecular weight is 404 g/mol. The summed E-state index contributed by atoms with van der Waals surface area (Å²) in [5.41, 5.74) is 2.47. The Morgan fingerprint density at radius 1 is 1.04 bits per heavy atom. The average Bonchev–Trinajstić information content (AvgIpc) is 2.59. The Hall–Kier alpha value is -2.34. The minimum absolute atomic E-state index is 0.148. The molecule has 0 fully saturated rings. The van der Waals surface area contributed by atoms with Gasteiger partial charge in [0, 0.05) is 42.1 Å². The summed E-state index contributed by atoms with van der Waals surface area (Å²) < 4.78 is 0.911. The molecular weight excluding hydrogens is 382 g/mol. The van der Waals surface area contributed by atoms with Gasteiger partial charge in [0.2, 0.25) is 0 Å². The quantitative estimate of drug-likeness (QED) is 0.768. The van der Waals surface area contributed by atoms with Crippen LogP contribution in [0.3, 0.4) is 0 Å². The van der Waals surface area contributed by atoms with Crippen molar-refractivity contribution in [1.29, 1.82) is 0 Å². The van der Waals surface area contributed by atoms with Crippen molar-refractivity contribution in [3.8, 4) is 0 Å². The maximum Gasteiger partial charge on any atom is 0.255 e. The largest absolute Gasteiger partial charge is 0.377 e. The molecule has 0 unspecified atom stereocenters. The van der Waals surface area contributed by atoms with Gasteiger partial charge in [0.05, 0.1) is 5.56 Å². The van der Waals surface area contributed by atoms with Crippen LogP contribution in [0.5, 0.6) is 0 Å². The number of benzene rings is 2. The third kappa shape index (κ3) is 5.06. The zero-order valence-electron chi connectivity index (χ0n) is 14.6. The van der Waals surface area contributed by atoms with Gasteiger partial charge in [0.1, 0.15) is 0 Å². The summed E-state index contributed by atoms with van der Waals surface area (Å²) in [5, 5.41) is 5.72. The minimum atomic E-state index is -0.218. The molecule has 0 aliphatic rings. The van der Waals surface area contributed by atoms with Crippen LogP contribution in [-0.4, -0.2) is 32.5 Å². The lowest BCUT2D eigenvalue weighted by Crippen LogP contribution is -2.26. The van der Waals surface area contributed by atoms with Crippen molar-refractivity contribution in [3.05, 3.63) is 58.1 Å². The van der Waals surface area contributed by atoms with Crippen LogP contribution >= 0.6 is 15.9 Å². The molecule has 25 heavy (non-hydrogen) atoms. The molecule has 0 radical (unpaired) electrons. The lowest BCUT2D eigenvalue weighted by molar-refractivity contribution is 0.0952. The summed E-state index contributed by atoms with van der Waals surface area (Å²) in [6.07, 6.45) is 0.864. The second-order valence-electron chi connectivity index (χ2n) is 5.84. The Balaban J connectivity index is 2.25. The first-order valence-electron chi connectivity index (χ1n) is 8.09. The molecule has 0 atom stereocenters. The van der Waals surface area contributed by atoms with E-state index in [-0.39, 0.29) is 11.8 Å². The Bertz CT molecular complexity index is 758. The van der Waals surface area contributed by atoms with E-state index in [1.165, 1.54) is 0 Å². The molecule has 0 aliphatic carbocycles. The van der Waals surface area contributed by atoms with Crippen LogP contribution in [0.25, 0.3) is 0 Å². The van der Waals surface area contributed by atoms with Crippen molar-refractivity contribution in [2.45, 2.75) is 13.3 Å². The third-order valence-corrected chi connectivity index (χ3v) is 4.15. The Kier molecular flexibility index (Phi) is 6.58. The molecule has 0 saturated carbocycles. The van der Waals surface area contributed by atoms with Crippen molar-refractivity contribution in [1.82, 2.24) is 5.32 Å². The summed E-state index contributed by atoms with van der Waals surface area (Å²) in [5.74, 6) is -0.365. The number of carbonyl (C=O) groups excluding carboxylic acids is 2. The highest BCUT2D eigenvalue weighted by atomic mass is 79.9. The first kappa shape index (κ1) is 19.0. The third-order valence-electron chi connectivity index (χ3n) is 3.62. The molecule has 2 amide bonds. The standard InChI is InChI=1S/C19H22BrN3O2/c1-4-11-21-19(25)16-12-15(9-10-17(16)23(2)3)22-18(24)13-5-7-14(20)8-6-13/h5-10,12H,4,11H2,1-3H3,(H,21,25)(H,22,24). The van der Waals surface area contributed by atoms with Crippen molar-refractivity contribution < 1.29 is 9.59 Å². The van der Waals surface area contributed by atoms with Crippen LogP contribution in [-0.2, 0) is 0 Å². The van der Waals surface area contributed by atoms with E-state index in [0.717, 1.165) is 16.6 Å². The highest BCUT2D eigenvalue weighted by Crippen LogP contribution is 2.23. The number of anilines is 2. The van der Waals surface area contributed by atoms with Gasteiger partial charge in [-0.2, -0.15) is 0 Å². The Labute approximate surface area is 156 Å². The predicted molar refractivity (Wildman–Crippen MR) is 105 cm³/mol. The van der Waals surface area contributed by atoms with Crippen molar-refractivity contribution in [3.63, 3.8) is 0 Å². The molecule has 2 aromatic rings. The second-order valence-corrected chi connectivity index (χ2v) is 6.76. The van der Waals surface area contributed by atoms with Crippen LogP contribution in [0.1, 0.15) is 34.1 Å². The minimum Gasteiger partial charge on any atom is -0.377 e. The highest BCUT2D eigenvalue weighted by Gasteiger charge is 2.15. The van der Waals surface area contributed by atoms with E-state index in [1.54, 1.807) is 24.3 Å². The van der Waals surface area contributed by atoms with E-state index < -0.39 is 0 Å². The molecule has 0 heterocycles. The van der Waals surface area contributed by atoms with Gasteiger partial charge in [-0.15, -0.1) is 0 Å². The van der Waals surface area contributed by atoms with Crippen LogP contribution in [0.2, 0.25) is 0 Å². The first-order valence-corrected chi connectivity index (χ1v) is 8.88. The zero-order valence-corrected chi connectivity index (χ0v) is 16.2. The fourth-order valence-electron chi connectivity index (χ4n) is 2.32. The van der Waals surface area contributed by atoms with Gasteiger partial charge in [-0.05, 0) is 48.9 Å². The monoisotopic (exact) mass is 403 g/mol. The normalized spacial score (nSPS) is 10.2. The Morgan fingerprint density at radius 2 is 1.72 bits per heavy atom. The van der Waals surface area contributed by atoms with Gasteiger partial charge in [0.15, 0.2) is 0 Å². The molecule has 2 rings (SSSR count). The van der Waals surface area contributed by atoms with Gasteiger partial charge in [-0.1, -0.05) is 22.9 Å². The Morgan fingerprint density at radius 3 is 2.32 bits per heavy atom. The summed E-state index contributed by atoms with van der Waals surface area (Å²) in [6.45, 7) is 2.61. The number of amides is 2.